The predicted octanol–water partition coefficient (Wildman–Crippen LogP) is 1.67. The van der Waals surface area contributed by atoms with Gasteiger partial charge in [0.05, 0.1) is 0 Å². The zero-order chi connectivity index (χ0) is 12.4. The van der Waals surface area contributed by atoms with Crippen molar-refractivity contribution in [2.45, 2.75) is 39.0 Å². The van der Waals surface area contributed by atoms with Crippen LogP contribution in [0.5, 0.6) is 0 Å². The van der Waals surface area contributed by atoms with Crippen LogP contribution >= 0.6 is 0 Å². The lowest BCUT2D eigenvalue weighted by Crippen LogP contribution is -2.37. The van der Waals surface area contributed by atoms with Crippen LogP contribution < -0.4 is 5.73 Å². The lowest BCUT2D eigenvalue weighted by atomic mass is 9.95. The summed E-state index contributed by atoms with van der Waals surface area (Å²) in [5.74, 6) is 1.04. The number of amides is 1. The number of likely N-dealkylation sites (N-methyl/N-ethyl adjacent to an activating group) is 1. The van der Waals surface area contributed by atoms with E-state index < -0.39 is 0 Å². The van der Waals surface area contributed by atoms with Crippen LogP contribution in [0.4, 0.5) is 0 Å². The number of hydrogen-bond donors (Lipinski definition) is 1. The van der Waals surface area contributed by atoms with Crippen molar-refractivity contribution in [2.24, 2.45) is 16.6 Å². The lowest BCUT2D eigenvalue weighted by molar-refractivity contribution is -0.129. The highest BCUT2D eigenvalue weighted by Gasteiger charge is 2.27. The van der Waals surface area contributed by atoms with Gasteiger partial charge in [0, 0.05) is 30.8 Å². The number of carbonyl (C=O) groups excluding carboxylic acids is 1. The summed E-state index contributed by atoms with van der Waals surface area (Å²) >= 11 is 0. The first-order chi connectivity index (χ1) is 8.11. The maximum atomic E-state index is 12.1. The molecule has 0 aromatic rings. The van der Waals surface area contributed by atoms with Crippen molar-refractivity contribution in [3.8, 4) is 0 Å². The van der Waals surface area contributed by atoms with E-state index in [1.54, 1.807) is 4.90 Å². The smallest absolute Gasteiger partial charge is 0.230 e. The number of hydrogen-bond acceptors (Lipinski definition) is 3. The van der Waals surface area contributed by atoms with Crippen LogP contribution in [0.15, 0.2) is 16.3 Å². The van der Waals surface area contributed by atoms with Crippen molar-refractivity contribution < 1.29 is 4.79 Å². The van der Waals surface area contributed by atoms with Crippen molar-refractivity contribution in [2.75, 3.05) is 13.6 Å². The lowest BCUT2D eigenvalue weighted by Gasteiger charge is -2.25. The zero-order valence-electron chi connectivity index (χ0n) is 10.7. The Morgan fingerprint density at radius 1 is 1.35 bits per heavy atom. The molecule has 2 N–H and O–H groups in total. The summed E-state index contributed by atoms with van der Waals surface area (Å²) < 4.78 is 0. The standard InChI is InChI=1S/C13H21N3O/c1-9-7-8-15-12(16(2)13(9)17)10-5-3-4-6-11(10)14/h9H,3-8,14H2,1-2H3. The minimum Gasteiger partial charge on any atom is -0.402 e. The van der Waals surface area contributed by atoms with Gasteiger partial charge in [-0.25, -0.2) is 0 Å². The Balaban J connectivity index is 2.30. The van der Waals surface area contributed by atoms with Crippen LogP contribution in [0.25, 0.3) is 0 Å². The average molecular weight is 235 g/mol. The van der Waals surface area contributed by atoms with Crippen LogP contribution in [-0.4, -0.2) is 30.2 Å². The topological polar surface area (TPSA) is 58.7 Å². The molecule has 0 fully saturated rings. The summed E-state index contributed by atoms with van der Waals surface area (Å²) in [5, 5.41) is 0. The Morgan fingerprint density at radius 3 is 2.76 bits per heavy atom. The molecule has 0 saturated carbocycles. The van der Waals surface area contributed by atoms with Gasteiger partial charge in [-0.3, -0.25) is 14.7 Å². The van der Waals surface area contributed by atoms with E-state index in [2.05, 4.69) is 4.99 Å². The van der Waals surface area contributed by atoms with Crippen molar-refractivity contribution in [1.29, 1.82) is 0 Å². The summed E-state index contributed by atoms with van der Waals surface area (Å²) in [4.78, 5) is 18.3. The van der Waals surface area contributed by atoms with Gasteiger partial charge >= 0.3 is 0 Å². The molecule has 0 aromatic carbocycles. The molecule has 1 unspecified atom stereocenters. The normalized spacial score (nSPS) is 26.9. The van der Waals surface area contributed by atoms with E-state index in [4.69, 9.17) is 5.73 Å². The molecule has 2 rings (SSSR count). The zero-order valence-corrected chi connectivity index (χ0v) is 10.7. The maximum absolute atomic E-state index is 12.1. The molecule has 1 atom stereocenters. The van der Waals surface area contributed by atoms with Gasteiger partial charge in [0.2, 0.25) is 5.91 Å². The van der Waals surface area contributed by atoms with Gasteiger partial charge in [-0.05, 0) is 32.1 Å². The fourth-order valence-electron chi connectivity index (χ4n) is 2.51. The third-order valence-electron chi connectivity index (χ3n) is 3.67. The Bertz CT molecular complexity index is 384. The number of carbonyl (C=O) groups is 1. The number of nitrogens with two attached hydrogens (primary N) is 1. The highest BCUT2D eigenvalue weighted by molar-refractivity contribution is 6.08. The number of rotatable bonds is 1. The average Bonchev–Trinajstić information content (AvgIpc) is 2.44. The van der Waals surface area contributed by atoms with E-state index in [9.17, 15) is 4.79 Å². The molecule has 1 aliphatic heterocycles. The van der Waals surface area contributed by atoms with Gasteiger partial charge in [0.1, 0.15) is 5.84 Å². The molecule has 4 nitrogen and oxygen atoms in total. The van der Waals surface area contributed by atoms with Crippen LogP contribution in [-0.2, 0) is 4.79 Å². The minimum absolute atomic E-state index is 0.0617. The molecule has 1 aliphatic carbocycles. The number of amidine groups is 1. The molecule has 0 bridgehead atoms. The van der Waals surface area contributed by atoms with Crippen LogP contribution in [0.3, 0.4) is 0 Å². The third-order valence-corrected chi connectivity index (χ3v) is 3.67. The van der Waals surface area contributed by atoms with E-state index in [0.29, 0.717) is 0 Å². The Kier molecular flexibility index (Phi) is 3.50. The number of aliphatic imine (C=N–C) groups is 1. The first-order valence-corrected chi connectivity index (χ1v) is 6.41. The number of nitrogens with zero attached hydrogens (tertiary/aromatic N) is 2. The van der Waals surface area contributed by atoms with Gasteiger partial charge in [0.15, 0.2) is 0 Å². The monoisotopic (exact) mass is 235 g/mol. The largest absolute Gasteiger partial charge is 0.402 e. The molecule has 1 amide bonds. The predicted molar refractivity (Wildman–Crippen MR) is 68.5 cm³/mol. The first kappa shape index (κ1) is 12.1. The Morgan fingerprint density at radius 2 is 2.06 bits per heavy atom. The highest BCUT2D eigenvalue weighted by atomic mass is 16.2. The van der Waals surface area contributed by atoms with E-state index in [1.165, 1.54) is 0 Å². The third kappa shape index (κ3) is 2.35. The fourth-order valence-corrected chi connectivity index (χ4v) is 2.51. The molecule has 0 aromatic heterocycles. The quantitative estimate of drug-likeness (QED) is 0.751. The van der Waals surface area contributed by atoms with Gasteiger partial charge in [0.25, 0.3) is 0 Å². The molecule has 1 heterocycles. The molecular formula is C13H21N3O. The molecule has 0 spiro atoms. The van der Waals surface area contributed by atoms with Crippen molar-refractivity contribution >= 4 is 11.7 Å². The van der Waals surface area contributed by atoms with Gasteiger partial charge in [-0.2, -0.15) is 0 Å². The minimum atomic E-state index is 0.0617. The first-order valence-electron chi connectivity index (χ1n) is 6.41. The molecule has 2 aliphatic rings. The Labute approximate surface area is 103 Å². The van der Waals surface area contributed by atoms with Crippen LogP contribution in [0, 0.1) is 5.92 Å². The number of allylic oxidation sites excluding steroid dienone is 1. The summed E-state index contributed by atoms with van der Waals surface area (Å²) in [6.45, 7) is 2.69. The second-order valence-electron chi connectivity index (χ2n) is 5.00. The van der Waals surface area contributed by atoms with E-state index in [-0.39, 0.29) is 11.8 Å². The molecule has 4 heteroatoms. The molecular weight excluding hydrogens is 214 g/mol. The van der Waals surface area contributed by atoms with E-state index in [1.807, 2.05) is 14.0 Å². The second-order valence-corrected chi connectivity index (χ2v) is 5.00. The van der Waals surface area contributed by atoms with Gasteiger partial charge < -0.3 is 5.73 Å². The van der Waals surface area contributed by atoms with Crippen molar-refractivity contribution in [3.05, 3.63) is 11.3 Å². The van der Waals surface area contributed by atoms with Gasteiger partial charge in [-0.15, -0.1) is 0 Å². The molecule has 0 radical (unpaired) electrons. The fraction of sp³-hybridized carbons (Fsp3) is 0.692. The summed E-state index contributed by atoms with van der Waals surface area (Å²) in [6.07, 6.45) is 5.02. The van der Waals surface area contributed by atoms with E-state index >= 15 is 0 Å². The van der Waals surface area contributed by atoms with E-state index in [0.717, 1.165) is 55.8 Å². The highest BCUT2D eigenvalue weighted by Crippen LogP contribution is 2.25. The maximum Gasteiger partial charge on any atom is 0.230 e. The SMILES string of the molecule is CC1CCN=C(C2=C(N)CCCC2)N(C)C1=O. The Hall–Kier alpha value is -1.32. The molecule has 17 heavy (non-hydrogen) atoms. The van der Waals surface area contributed by atoms with Crippen LogP contribution in [0.2, 0.25) is 0 Å². The summed E-state index contributed by atoms with van der Waals surface area (Å²) in [7, 11) is 1.82. The second kappa shape index (κ2) is 4.90. The van der Waals surface area contributed by atoms with Crippen molar-refractivity contribution in [3.63, 3.8) is 0 Å². The van der Waals surface area contributed by atoms with Crippen LogP contribution in [0.1, 0.15) is 39.0 Å². The van der Waals surface area contributed by atoms with Gasteiger partial charge in [-0.1, -0.05) is 6.92 Å². The molecule has 94 valence electrons. The summed E-state index contributed by atoms with van der Waals surface area (Å²) in [6, 6.07) is 0. The summed E-state index contributed by atoms with van der Waals surface area (Å²) in [5.41, 5.74) is 8.08. The molecule has 0 saturated heterocycles. The van der Waals surface area contributed by atoms with Crippen molar-refractivity contribution in [1.82, 2.24) is 4.90 Å².